The molecule has 0 saturated carbocycles. The maximum atomic E-state index is 12.8. The molecule has 128 valence electrons. The van der Waals surface area contributed by atoms with Crippen LogP contribution in [0.2, 0.25) is 0 Å². The second-order valence-electron chi connectivity index (χ2n) is 6.95. The number of allylic oxidation sites excluding steroid dienone is 2. The second kappa shape index (κ2) is 7.01. The molecule has 6 heteroatoms. The summed E-state index contributed by atoms with van der Waals surface area (Å²) in [4.78, 5) is 31.6. The number of rotatable bonds is 3. The van der Waals surface area contributed by atoms with E-state index in [-0.39, 0.29) is 23.7 Å². The molecule has 0 N–H and O–H groups in total. The van der Waals surface area contributed by atoms with E-state index < -0.39 is 0 Å². The van der Waals surface area contributed by atoms with Gasteiger partial charge in [-0.3, -0.25) is 9.59 Å². The van der Waals surface area contributed by atoms with E-state index in [0.29, 0.717) is 45.2 Å². The van der Waals surface area contributed by atoms with Crippen LogP contribution in [0.5, 0.6) is 0 Å². The molecular weight excluding hydrogens is 294 g/mol. The summed E-state index contributed by atoms with van der Waals surface area (Å²) in [5.74, 6) is -0.123. The van der Waals surface area contributed by atoms with Gasteiger partial charge in [-0.1, -0.05) is 12.2 Å². The first-order chi connectivity index (χ1) is 11.1. The Labute approximate surface area is 138 Å². The Morgan fingerprint density at radius 3 is 2.00 bits per heavy atom. The summed E-state index contributed by atoms with van der Waals surface area (Å²) >= 11 is 0. The van der Waals surface area contributed by atoms with Gasteiger partial charge in [0.2, 0.25) is 11.8 Å². The highest BCUT2D eigenvalue weighted by Gasteiger charge is 2.42. The number of nitrogens with zero attached hydrogens (tertiary/aromatic N) is 3. The molecule has 23 heavy (non-hydrogen) atoms. The standard InChI is InChI=1S/C17H27N3O3/c1-18(2)13-11-20(12-13)17(22)15-6-4-3-5-14(15)16(21)19-7-9-23-10-8-19/h3-4,13-15H,5-12H2,1-2H3/t14-,15-/m0/s1. The third kappa shape index (κ3) is 3.43. The zero-order valence-corrected chi connectivity index (χ0v) is 14.1. The number of morpholine rings is 1. The summed E-state index contributed by atoms with van der Waals surface area (Å²) in [7, 11) is 4.08. The largest absolute Gasteiger partial charge is 0.378 e. The maximum absolute atomic E-state index is 12.8. The van der Waals surface area contributed by atoms with E-state index in [4.69, 9.17) is 4.74 Å². The van der Waals surface area contributed by atoms with Crippen molar-refractivity contribution in [2.45, 2.75) is 18.9 Å². The van der Waals surface area contributed by atoms with Gasteiger partial charge in [0.15, 0.2) is 0 Å². The Bertz CT molecular complexity index is 479. The van der Waals surface area contributed by atoms with Crippen LogP contribution in [0.1, 0.15) is 12.8 Å². The van der Waals surface area contributed by atoms with Gasteiger partial charge in [0.05, 0.1) is 25.0 Å². The number of carbonyl (C=O) groups excluding carboxylic acids is 2. The molecule has 0 bridgehead atoms. The summed E-state index contributed by atoms with van der Waals surface area (Å²) in [5, 5.41) is 0. The lowest BCUT2D eigenvalue weighted by molar-refractivity contribution is -0.152. The third-order valence-corrected chi connectivity index (χ3v) is 5.29. The monoisotopic (exact) mass is 321 g/mol. The molecule has 2 saturated heterocycles. The minimum absolute atomic E-state index is 0.126. The molecular formula is C17H27N3O3. The molecule has 0 unspecified atom stereocenters. The fourth-order valence-electron chi connectivity index (χ4n) is 3.57. The first-order valence-electron chi connectivity index (χ1n) is 8.54. The number of likely N-dealkylation sites (N-methyl/N-ethyl adjacent to an activating group) is 1. The first kappa shape index (κ1) is 16.5. The van der Waals surface area contributed by atoms with Gasteiger partial charge in [0, 0.05) is 32.2 Å². The molecule has 3 rings (SSSR count). The molecule has 2 aliphatic heterocycles. The minimum atomic E-state index is -0.205. The Balaban J connectivity index is 1.63. The fraction of sp³-hybridized carbons (Fsp3) is 0.765. The summed E-state index contributed by atoms with van der Waals surface area (Å²) in [6.07, 6.45) is 5.46. The minimum Gasteiger partial charge on any atom is -0.378 e. The molecule has 0 spiro atoms. The number of hydrogen-bond acceptors (Lipinski definition) is 4. The van der Waals surface area contributed by atoms with Gasteiger partial charge in [-0.05, 0) is 26.9 Å². The summed E-state index contributed by atoms with van der Waals surface area (Å²) in [6, 6.07) is 0.450. The van der Waals surface area contributed by atoms with Gasteiger partial charge >= 0.3 is 0 Å². The molecule has 0 radical (unpaired) electrons. The number of likely N-dealkylation sites (tertiary alicyclic amines) is 1. The van der Waals surface area contributed by atoms with Gasteiger partial charge in [0.1, 0.15) is 0 Å². The summed E-state index contributed by atoms with van der Waals surface area (Å²) in [6.45, 7) is 4.06. The van der Waals surface area contributed by atoms with Crippen molar-refractivity contribution in [3.63, 3.8) is 0 Å². The van der Waals surface area contributed by atoms with Crippen molar-refractivity contribution in [2.75, 3.05) is 53.5 Å². The molecule has 2 atom stereocenters. The lowest BCUT2D eigenvalue weighted by atomic mass is 9.80. The molecule has 2 fully saturated rings. The van der Waals surface area contributed by atoms with Crippen LogP contribution in [0, 0.1) is 11.8 Å². The van der Waals surface area contributed by atoms with Crippen molar-refractivity contribution in [3.05, 3.63) is 12.2 Å². The highest BCUT2D eigenvalue weighted by molar-refractivity contribution is 5.88. The molecule has 2 heterocycles. The Kier molecular flexibility index (Phi) is 5.02. The third-order valence-electron chi connectivity index (χ3n) is 5.29. The van der Waals surface area contributed by atoms with Crippen molar-refractivity contribution in [3.8, 4) is 0 Å². The molecule has 0 aromatic carbocycles. The van der Waals surface area contributed by atoms with Crippen LogP contribution in [0.25, 0.3) is 0 Å². The van der Waals surface area contributed by atoms with Crippen molar-refractivity contribution in [1.82, 2.24) is 14.7 Å². The van der Waals surface area contributed by atoms with E-state index in [0.717, 1.165) is 13.1 Å². The van der Waals surface area contributed by atoms with E-state index in [1.165, 1.54) is 0 Å². The average molecular weight is 321 g/mol. The topological polar surface area (TPSA) is 53.1 Å². The maximum Gasteiger partial charge on any atom is 0.226 e. The Morgan fingerprint density at radius 2 is 1.48 bits per heavy atom. The van der Waals surface area contributed by atoms with E-state index in [9.17, 15) is 9.59 Å². The van der Waals surface area contributed by atoms with E-state index >= 15 is 0 Å². The van der Waals surface area contributed by atoms with Crippen LogP contribution >= 0.6 is 0 Å². The van der Waals surface area contributed by atoms with Crippen LogP contribution in [-0.2, 0) is 14.3 Å². The van der Waals surface area contributed by atoms with E-state index in [1.807, 2.05) is 30.0 Å². The van der Waals surface area contributed by atoms with Crippen LogP contribution in [0.15, 0.2) is 12.2 Å². The normalized spacial score (nSPS) is 28.8. The van der Waals surface area contributed by atoms with Gasteiger partial charge < -0.3 is 19.4 Å². The van der Waals surface area contributed by atoms with Crippen LogP contribution in [0.4, 0.5) is 0 Å². The number of carbonyl (C=O) groups is 2. The zero-order chi connectivity index (χ0) is 16.4. The smallest absolute Gasteiger partial charge is 0.226 e. The molecule has 6 nitrogen and oxygen atoms in total. The van der Waals surface area contributed by atoms with Gasteiger partial charge in [-0.25, -0.2) is 0 Å². The van der Waals surface area contributed by atoms with Crippen LogP contribution < -0.4 is 0 Å². The van der Waals surface area contributed by atoms with Gasteiger partial charge in [-0.2, -0.15) is 0 Å². The summed E-state index contributed by atoms with van der Waals surface area (Å²) in [5.41, 5.74) is 0. The molecule has 1 aliphatic carbocycles. The molecule has 2 amide bonds. The van der Waals surface area contributed by atoms with Gasteiger partial charge in [-0.15, -0.1) is 0 Å². The fourth-order valence-corrected chi connectivity index (χ4v) is 3.57. The predicted octanol–water partition coefficient (Wildman–Crippen LogP) is 0.200. The van der Waals surface area contributed by atoms with E-state index in [2.05, 4.69) is 11.0 Å². The quantitative estimate of drug-likeness (QED) is 0.697. The second-order valence-corrected chi connectivity index (χ2v) is 6.95. The van der Waals surface area contributed by atoms with Crippen molar-refractivity contribution in [1.29, 1.82) is 0 Å². The zero-order valence-electron chi connectivity index (χ0n) is 14.1. The number of amides is 2. The summed E-state index contributed by atoms with van der Waals surface area (Å²) < 4.78 is 5.32. The van der Waals surface area contributed by atoms with Gasteiger partial charge in [0.25, 0.3) is 0 Å². The highest BCUT2D eigenvalue weighted by atomic mass is 16.5. The molecule has 0 aromatic heterocycles. The van der Waals surface area contributed by atoms with Crippen molar-refractivity contribution in [2.24, 2.45) is 11.8 Å². The van der Waals surface area contributed by atoms with Crippen molar-refractivity contribution >= 4 is 11.8 Å². The van der Waals surface area contributed by atoms with Crippen molar-refractivity contribution < 1.29 is 14.3 Å². The lowest BCUT2D eigenvalue weighted by Gasteiger charge is -2.45. The number of ether oxygens (including phenoxy) is 1. The highest BCUT2D eigenvalue weighted by Crippen LogP contribution is 2.31. The lowest BCUT2D eigenvalue weighted by Crippen LogP contribution is -2.61. The Morgan fingerprint density at radius 1 is 0.957 bits per heavy atom. The van der Waals surface area contributed by atoms with Crippen LogP contribution in [-0.4, -0.2) is 86.0 Å². The first-order valence-corrected chi connectivity index (χ1v) is 8.54. The SMILES string of the molecule is CN(C)C1CN(C(=O)[C@H]2CC=CC[C@@H]2C(=O)N2CCOCC2)C1. The molecule has 0 aromatic rings. The molecule has 3 aliphatic rings. The van der Waals surface area contributed by atoms with E-state index in [1.54, 1.807) is 0 Å². The van der Waals surface area contributed by atoms with Crippen LogP contribution in [0.3, 0.4) is 0 Å². The predicted molar refractivity (Wildman–Crippen MR) is 86.8 cm³/mol. The Hall–Kier alpha value is -1.40. The number of hydrogen-bond donors (Lipinski definition) is 0. The average Bonchev–Trinajstić information content (AvgIpc) is 2.53.